The van der Waals surface area contributed by atoms with E-state index in [1.807, 2.05) is 0 Å². The van der Waals surface area contributed by atoms with E-state index in [2.05, 4.69) is 16.0 Å². The van der Waals surface area contributed by atoms with Crippen LogP contribution in [-0.2, 0) is 32.0 Å². The molecule has 13 nitrogen and oxygen atoms in total. The molecule has 11 N–H and O–H groups in total. The standard InChI is InChI=1S/C27H37N5O8/c28-12-2-1-3-21(25(37)32-23(27(39)40)14-17-6-10-19(35)11-7-17)30-26(38)22(31-24(36)20(29)15-33)13-16-4-8-18(34)9-5-16/h4-11,20-23,33-35H,1-3,12-15,28-29H2,(H,30,38)(H,31,36)(H,32,37)(H,39,40). The van der Waals surface area contributed by atoms with Crippen molar-refractivity contribution in [1.29, 1.82) is 0 Å². The maximum Gasteiger partial charge on any atom is 0.326 e. The summed E-state index contributed by atoms with van der Waals surface area (Å²) in [4.78, 5) is 50.8. The number of aliphatic carboxylic acids is 1. The summed E-state index contributed by atoms with van der Waals surface area (Å²) in [6.45, 7) is -0.305. The first kappa shape index (κ1) is 32.0. The average molecular weight is 560 g/mol. The Balaban J connectivity index is 2.22. The molecule has 0 radical (unpaired) electrons. The van der Waals surface area contributed by atoms with Crippen LogP contribution in [0.4, 0.5) is 0 Å². The Bertz CT molecular complexity index is 1130. The minimum Gasteiger partial charge on any atom is -0.508 e. The number of amides is 3. The molecule has 0 aliphatic rings. The molecule has 2 aromatic rings. The van der Waals surface area contributed by atoms with Gasteiger partial charge in [0.25, 0.3) is 0 Å². The van der Waals surface area contributed by atoms with Gasteiger partial charge in [-0.2, -0.15) is 0 Å². The van der Waals surface area contributed by atoms with Crippen molar-refractivity contribution in [3.05, 3.63) is 59.7 Å². The van der Waals surface area contributed by atoms with E-state index in [-0.39, 0.29) is 30.8 Å². The molecule has 2 rings (SSSR count). The van der Waals surface area contributed by atoms with Crippen molar-refractivity contribution in [3.8, 4) is 11.5 Å². The van der Waals surface area contributed by atoms with Crippen molar-refractivity contribution in [2.24, 2.45) is 11.5 Å². The zero-order valence-corrected chi connectivity index (χ0v) is 22.0. The van der Waals surface area contributed by atoms with Crippen molar-refractivity contribution >= 4 is 23.7 Å². The molecule has 40 heavy (non-hydrogen) atoms. The number of carbonyl (C=O) groups is 4. The maximum absolute atomic E-state index is 13.3. The Morgan fingerprint density at radius 1 is 0.700 bits per heavy atom. The summed E-state index contributed by atoms with van der Waals surface area (Å²) < 4.78 is 0. The van der Waals surface area contributed by atoms with Crippen LogP contribution < -0.4 is 27.4 Å². The summed E-state index contributed by atoms with van der Waals surface area (Å²) in [6.07, 6.45) is 1.06. The number of aliphatic hydroxyl groups excluding tert-OH is 1. The van der Waals surface area contributed by atoms with Crippen LogP contribution in [0.5, 0.6) is 11.5 Å². The van der Waals surface area contributed by atoms with Crippen molar-refractivity contribution in [3.63, 3.8) is 0 Å². The van der Waals surface area contributed by atoms with E-state index in [4.69, 9.17) is 11.5 Å². The number of hydrogen-bond donors (Lipinski definition) is 9. The largest absolute Gasteiger partial charge is 0.508 e. The summed E-state index contributed by atoms with van der Waals surface area (Å²) >= 11 is 0. The molecule has 4 atom stereocenters. The number of benzene rings is 2. The van der Waals surface area contributed by atoms with E-state index in [0.29, 0.717) is 30.5 Å². The van der Waals surface area contributed by atoms with Crippen molar-refractivity contribution in [2.75, 3.05) is 13.2 Å². The predicted molar refractivity (Wildman–Crippen MR) is 145 cm³/mol. The van der Waals surface area contributed by atoms with Crippen molar-refractivity contribution in [1.82, 2.24) is 16.0 Å². The summed E-state index contributed by atoms with van der Waals surface area (Å²) in [5.74, 6) is -3.53. The quantitative estimate of drug-likeness (QED) is 0.112. The second-order valence-electron chi connectivity index (χ2n) is 9.34. The van der Waals surface area contributed by atoms with Gasteiger partial charge in [0, 0.05) is 12.8 Å². The lowest BCUT2D eigenvalue weighted by Gasteiger charge is -2.25. The van der Waals surface area contributed by atoms with E-state index in [1.54, 1.807) is 12.1 Å². The maximum atomic E-state index is 13.3. The van der Waals surface area contributed by atoms with Crippen LogP contribution in [0.1, 0.15) is 30.4 Å². The minimum absolute atomic E-state index is 0.00742. The van der Waals surface area contributed by atoms with Gasteiger partial charge < -0.3 is 47.8 Å². The molecule has 0 heterocycles. The lowest BCUT2D eigenvalue weighted by Crippen LogP contribution is -2.58. The van der Waals surface area contributed by atoms with Gasteiger partial charge in [0.2, 0.25) is 17.7 Å². The highest BCUT2D eigenvalue weighted by Crippen LogP contribution is 2.14. The van der Waals surface area contributed by atoms with Gasteiger partial charge in [-0.05, 0) is 61.2 Å². The number of nitrogens with two attached hydrogens (primary N) is 2. The monoisotopic (exact) mass is 559 g/mol. The van der Waals surface area contributed by atoms with E-state index in [1.165, 1.54) is 36.4 Å². The highest BCUT2D eigenvalue weighted by atomic mass is 16.4. The molecule has 0 bridgehead atoms. The molecule has 0 aromatic heterocycles. The van der Waals surface area contributed by atoms with Crippen LogP contribution in [0.15, 0.2) is 48.5 Å². The van der Waals surface area contributed by atoms with Gasteiger partial charge in [-0.25, -0.2) is 4.79 Å². The van der Waals surface area contributed by atoms with Crippen LogP contribution in [0.3, 0.4) is 0 Å². The van der Waals surface area contributed by atoms with Crippen LogP contribution in [0, 0.1) is 0 Å². The molecular weight excluding hydrogens is 522 g/mol. The van der Waals surface area contributed by atoms with Crippen LogP contribution in [-0.4, -0.2) is 81.4 Å². The molecule has 0 spiro atoms. The van der Waals surface area contributed by atoms with Gasteiger partial charge in [0.05, 0.1) is 6.61 Å². The minimum atomic E-state index is -1.32. The number of unbranched alkanes of at least 4 members (excludes halogenated alkanes) is 1. The summed E-state index contributed by atoms with van der Waals surface area (Å²) in [7, 11) is 0. The van der Waals surface area contributed by atoms with Gasteiger partial charge in [0.1, 0.15) is 35.7 Å². The number of aliphatic hydroxyl groups is 1. The number of nitrogens with one attached hydrogen (secondary N) is 3. The smallest absolute Gasteiger partial charge is 0.326 e. The molecule has 0 fully saturated rings. The lowest BCUT2D eigenvalue weighted by atomic mass is 10.0. The summed E-state index contributed by atoms with van der Waals surface area (Å²) in [5.41, 5.74) is 12.3. The van der Waals surface area contributed by atoms with Crippen molar-refractivity contribution in [2.45, 2.75) is 56.3 Å². The fourth-order valence-corrected chi connectivity index (χ4v) is 3.81. The van der Waals surface area contributed by atoms with E-state index in [0.717, 1.165) is 0 Å². The highest BCUT2D eigenvalue weighted by Gasteiger charge is 2.30. The van der Waals surface area contributed by atoms with E-state index < -0.39 is 54.5 Å². The Labute approximate surface area is 231 Å². The first-order valence-electron chi connectivity index (χ1n) is 12.8. The third-order valence-electron chi connectivity index (χ3n) is 6.11. The Morgan fingerprint density at radius 2 is 1.15 bits per heavy atom. The second kappa shape index (κ2) is 16.0. The molecule has 0 saturated heterocycles. The number of rotatable bonds is 16. The number of phenolic OH excluding ortho intramolecular Hbond substituents is 2. The first-order chi connectivity index (χ1) is 19.0. The Hall–Kier alpha value is -4.20. The SMILES string of the molecule is NCCCCC(NC(=O)C(Cc1ccc(O)cc1)NC(=O)C(N)CO)C(=O)NC(Cc1ccc(O)cc1)C(=O)O. The molecule has 3 amide bonds. The summed E-state index contributed by atoms with van der Waals surface area (Å²) in [5, 5.41) is 45.5. The third-order valence-corrected chi connectivity index (χ3v) is 6.11. The van der Waals surface area contributed by atoms with Gasteiger partial charge >= 0.3 is 5.97 Å². The molecule has 0 aliphatic heterocycles. The number of carboxylic acids is 1. The van der Waals surface area contributed by atoms with E-state index in [9.17, 15) is 39.6 Å². The summed E-state index contributed by atoms with van der Waals surface area (Å²) in [6, 6.07) is 6.85. The average Bonchev–Trinajstić information content (AvgIpc) is 2.93. The number of hydrogen-bond acceptors (Lipinski definition) is 9. The lowest BCUT2D eigenvalue weighted by molar-refractivity contribution is -0.142. The molecule has 2 aromatic carbocycles. The molecule has 0 aliphatic carbocycles. The van der Waals surface area contributed by atoms with Gasteiger partial charge in [-0.1, -0.05) is 24.3 Å². The zero-order valence-electron chi connectivity index (χ0n) is 22.0. The number of carbonyl (C=O) groups excluding carboxylic acids is 3. The first-order valence-corrected chi connectivity index (χ1v) is 12.8. The zero-order chi connectivity index (χ0) is 29.7. The topological polar surface area (TPSA) is 237 Å². The van der Waals surface area contributed by atoms with Gasteiger partial charge in [0.15, 0.2) is 0 Å². The third kappa shape index (κ3) is 10.5. The van der Waals surface area contributed by atoms with Crippen LogP contribution >= 0.6 is 0 Å². The molecule has 0 saturated carbocycles. The van der Waals surface area contributed by atoms with Gasteiger partial charge in [-0.3, -0.25) is 14.4 Å². The molecule has 218 valence electrons. The van der Waals surface area contributed by atoms with Crippen LogP contribution in [0.2, 0.25) is 0 Å². The molecular formula is C27H37N5O8. The number of carboxylic acid groups (broad SMARTS) is 1. The van der Waals surface area contributed by atoms with Gasteiger partial charge in [-0.15, -0.1) is 0 Å². The highest BCUT2D eigenvalue weighted by molar-refractivity contribution is 5.94. The number of aromatic hydroxyl groups is 2. The fourth-order valence-electron chi connectivity index (χ4n) is 3.81. The second-order valence-corrected chi connectivity index (χ2v) is 9.34. The van der Waals surface area contributed by atoms with Crippen molar-refractivity contribution < 1.29 is 39.6 Å². The normalized spacial score (nSPS) is 13.9. The number of phenols is 2. The molecule has 13 heteroatoms. The Morgan fingerprint density at radius 3 is 1.62 bits per heavy atom. The fraction of sp³-hybridized carbons (Fsp3) is 0.407. The Kier molecular flexibility index (Phi) is 12.8. The predicted octanol–water partition coefficient (Wildman–Crippen LogP) is -1.13. The molecule has 4 unspecified atom stereocenters. The van der Waals surface area contributed by atoms with E-state index >= 15 is 0 Å². The van der Waals surface area contributed by atoms with Crippen LogP contribution in [0.25, 0.3) is 0 Å².